The molecule has 5 heteroatoms. The molecule has 0 atom stereocenters. The highest BCUT2D eigenvalue weighted by atomic mass is 32.2. The molecule has 25 heavy (non-hydrogen) atoms. The Bertz CT molecular complexity index is 779. The maximum atomic E-state index is 11.6. The molecule has 0 aliphatic rings. The predicted octanol–water partition coefficient (Wildman–Crippen LogP) is 4.59. The molecule has 0 spiro atoms. The van der Waals surface area contributed by atoms with Gasteiger partial charge in [-0.1, -0.05) is 13.3 Å². The lowest BCUT2D eigenvalue weighted by Gasteiger charge is -2.13. The predicted molar refractivity (Wildman–Crippen MR) is 99.5 cm³/mol. The van der Waals surface area contributed by atoms with E-state index in [4.69, 9.17) is 10.00 Å². The Kier molecular flexibility index (Phi) is 6.91. The second-order valence-electron chi connectivity index (χ2n) is 5.58. The van der Waals surface area contributed by atoms with E-state index in [9.17, 15) is 9.90 Å². The molecule has 0 aliphatic carbocycles. The molecule has 0 fully saturated rings. The van der Waals surface area contributed by atoms with E-state index in [1.165, 1.54) is 6.92 Å². The maximum absolute atomic E-state index is 11.6. The van der Waals surface area contributed by atoms with Gasteiger partial charge in [0, 0.05) is 16.2 Å². The lowest BCUT2D eigenvalue weighted by atomic mass is 10.0. The highest BCUT2D eigenvalue weighted by molar-refractivity contribution is 7.99. The zero-order valence-electron chi connectivity index (χ0n) is 14.4. The minimum Gasteiger partial charge on any atom is -0.507 e. The number of hydrogen-bond acceptors (Lipinski definition) is 5. The molecule has 0 amide bonds. The summed E-state index contributed by atoms with van der Waals surface area (Å²) in [4.78, 5) is 12.6. The molecule has 2 rings (SSSR count). The van der Waals surface area contributed by atoms with Gasteiger partial charge < -0.3 is 9.84 Å². The first-order valence-electron chi connectivity index (χ1n) is 8.18. The molecular formula is C20H21NO3S. The number of phenolic OH excluding ortho intramolecular Hbond substituents is 1. The molecular weight excluding hydrogens is 334 g/mol. The first kappa shape index (κ1) is 18.9. The summed E-state index contributed by atoms with van der Waals surface area (Å²) in [6.07, 6.45) is 1.62. The number of carbonyl (C=O) groups excluding carboxylic acids is 1. The van der Waals surface area contributed by atoms with Gasteiger partial charge in [0.15, 0.2) is 5.78 Å². The fourth-order valence-electron chi connectivity index (χ4n) is 2.47. The zero-order valence-corrected chi connectivity index (χ0v) is 15.2. The lowest BCUT2D eigenvalue weighted by Crippen LogP contribution is -2.02. The number of nitrogens with zero attached hydrogens (tertiary/aromatic N) is 1. The van der Waals surface area contributed by atoms with E-state index in [0.29, 0.717) is 17.7 Å². The number of Topliss-reactive ketones (excluding diaryl/α,β-unsaturated/α-hetero) is 1. The molecule has 2 aromatic carbocycles. The van der Waals surface area contributed by atoms with E-state index in [0.717, 1.165) is 34.8 Å². The number of phenols is 1. The molecule has 130 valence electrons. The number of thioether (sulfide) groups is 1. The molecule has 0 bridgehead atoms. The van der Waals surface area contributed by atoms with E-state index in [1.54, 1.807) is 42.1 Å². The van der Waals surface area contributed by atoms with Crippen LogP contribution < -0.4 is 4.74 Å². The van der Waals surface area contributed by atoms with Gasteiger partial charge in [0.1, 0.15) is 11.5 Å². The Morgan fingerprint density at radius 3 is 2.56 bits per heavy atom. The lowest BCUT2D eigenvalue weighted by molar-refractivity contribution is 0.101. The Hall–Kier alpha value is -2.45. The average molecular weight is 355 g/mol. The number of nitriles is 1. The Morgan fingerprint density at radius 1 is 1.24 bits per heavy atom. The van der Waals surface area contributed by atoms with Crippen LogP contribution >= 0.6 is 11.8 Å². The van der Waals surface area contributed by atoms with Crippen molar-refractivity contribution in [2.75, 3.05) is 12.4 Å². The molecule has 0 aliphatic heterocycles. The quantitative estimate of drug-likeness (QED) is 0.426. The number of hydrogen-bond donors (Lipinski definition) is 1. The van der Waals surface area contributed by atoms with Crippen LogP contribution in [0, 0.1) is 11.3 Å². The van der Waals surface area contributed by atoms with Gasteiger partial charge >= 0.3 is 0 Å². The largest absolute Gasteiger partial charge is 0.507 e. The average Bonchev–Trinajstić information content (AvgIpc) is 2.61. The van der Waals surface area contributed by atoms with Crippen molar-refractivity contribution in [3.05, 3.63) is 53.1 Å². The van der Waals surface area contributed by atoms with Gasteiger partial charge in [-0.3, -0.25) is 4.79 Å². The summed E-state index contributed by atoms with van der Waals surface area (Å²) in [5.74, 6) is 1.42. The summed E-state index contributed by atoms with van der Waals surface area (Å²) in [5, 5.41) is 19.1. The van der Waals surface area contributed by atoms with Crippen LogP contribution in [0.2, 0.25) is 0 Å². The monoisotopic (exact) mass is 355 g/mol. The summed E-state index contributed by atoms with van der Waals surface area (Å²) in [5.41, 5.74) is 1.81. The van der Waals surface area contributed by atoms with Crippen molar-refractivity contribution in [3.63, 3.8) is 0 Å². The molecule has 0 saturated heterocycles. The highest BCUT2D eigenvalue weighted by Gasteiger charge is 2.15. The van der Waals surface area contributed by atoms with Crippen molar-refractivity contribution in [1.82, 2.24) is 0 Å². The third-order valence-electron chi connectivity index (χ3n) is 3.71. The van der Waals surface area contributed by atoms with E-state index in [-0.39, 0.29) is 11.5 Å². The normalized spacial score (nSPS) is 10.3. The van der Waals surface area contributed by atoms with Crippen LogP contribution in [0.3, 0.4) is 0 Å². The number of aromatic hydroxyl groups is 1. The second kappa shape index (κ2) is 9.14. The second-order valence-corrected chi connectivity index (χ2v) is 6.71. The molecule has 0 heterocycles. The molecule has 4 nitrogen and oxygen atoms in total. The van der Waals surface area contributed by atoms with Crippen LogP contribution in [-0.4, -0.2) is 23.2 Å². The van der Waals surface area contributed by atoms with Crippen molar-refractivity contribution in [3.8, 4) is 17.6 Å². The highest BCUT2D eigenvalue weighted by Crippen LogP contribution is 2.33. The van der Waals surface area contributed by atoms with Crippen LogP contribution in [0.25, 0.3) is 0 Å². The van der Waals surface area contributed by atoms with Crippen LogP contribution in [0.4, 0.5) is 0 Å². The van der Waals surface area contributed by atoms with Crippen molar-refractivity contribution in [2.24, 2.45) is 0 Å². The van der Waals surface area contributed by atoms with Crippen LogP contribution in [0.15, 0.2) is 41.3 Å². The Morgan fingerprint density at radius 2 is 1.96 bits per heavy atom. The van der Waals surface area contributed by atoms with Gasteiger partial charge in [0.2, 0.25) is 0 Å². The number of ether oxygens (including phenoxy) is 1. The van der Waals surface area contributed by atoms with Crippen molar-refractivity contribution >= 4 is 17.5 Å². The van der Waals surface area contributed by atoms with Crippen LogP contribution in [0.5, 0.6) is 11.5 Å². The van der Waals surface area contributed by atoms with Gasteiger partial charge in [-0.25, -0.2) is 0 Å². The maximum Gasteiger partial charge on any atom is 0.163 e. The molecule has 0 aromatic heterocycles. The zero-order chi connectivity index (χ0) is 18.2. The first-order valence-corrected chi connectivity index (χ1v) is 9.17. The Labute approximate surface area is 152 Å². The fraction of sp³-hybridized carbons (Fsp3) is 0.300. The fourth-order valence-corrected chi connectivity index (χ4v) is 3.39. The third kappa shape index (κ3) is 5.01. The topological polar surface area (TPSA) is 70.3 Å². The molecule has 2 aromatic rings. The molecule has 0 saturated carbocycles. The van der Waals surface area contributed by atoms with E-state index in [2.05, 4.69) is 6.07 Å². The molecule has 0 radical (unpaired) electrons. The van der Waals surface area contributed by atoms with Gasteiger partial charge in [0.25, 0.3) is 0 Å². The minimum absolute atomic E-state index is 0.104. The summed E-state index contributed by atoms with van der Waals surface area (Å²) in [7, 11) is 0. The van der Waals surface area contributed by atoms with Gasteiger partial charge in [-0.15, -0.1) is 11.8 Å². The number of rotatable bonds is 8. The van der Waals surface area contributed by atoms with Gasteiger partial charge in [-0.05, 0) is 49.7 Å². The summed E-state index contributed by atoms with van der Waals surface area (Å²) >= 11 is 1.60. The standard InChI is InChI=1S/C20H21NO3S/c1-3-4-18-19(10-9-17(14(2)22)20(18)23)25-12-11-24-16-7-5-15(13-21)6-8-16/h5-10,23H,3-4,11-12H2,1-2H3. The smallest absolute Gasteiger partial charge is 0.163 e. The number of ketones is 1. The van der Waals surface area contributed by atoms with Crippen LogP contribution in [0.1, 0.15) is 41.8 Å². The van der Waals surface area contributed by atoms with Crippen molar-refractivity contribution < 1.29 is 14.6 Å². The SMILES string of the molecule is CCCc1c(SCCOc2ccc(C#N)cc2)ccc(C(C)=O)c1O. The number of carbonyl (C=O) groups is 1. The third-order valence-corrected chi connectivity index (χ3v) is 4.78. The number of benzene rings is 2. The van der Waals surface area contributed by atoms with Gasteiger partial charge in [-0.2, -0.15) is 5.26 Å². The van der Waals surface area contributed by atoms with E-state index < -0.39 is 0 Å². The molecule has 0 unspecified atom stereocenters. The molecule has 1 N–H and O–H groups in total. The van der Waals surface area contributed by atoms with Crippen LogP contribution in [-0.2, 0) is 6.42 Å². The Balaban J connectivity index is 1.98. The minimum atomic E-state index is -0.129. The summed E-state index contributed by atoms with van der Waals surface area (Å²) < 4.78 is 5.67. The van der Waals surface area contributed by atoms with Crippen molar-refractivity contribution in [2.45, 2.75) is 31.6 Å². The van der Waals surface area contributed by atoms with E-state index >= 15 is 0 Å². The first-order chi connectivity index (χ1) is 12.1. The van der Waals surface area contributed by atoms with Gasteiger partial charge in [0.05, 0.1) is 23.8 Å². The van der Waals surface area contributed by atoms with Crippen molar-refractivity contribution in [1.29, 1.82) is 5.26 Å². The summed E-state index contributed by atoms with van der Waals surface area (Å²) in [6, 6.07) is 12.6. The summed E-state index contributed by atoms with van der Waals surface area (Å²) in [6.45, 7) is 4.02. The van der Waals surface area contributed by atoms with E-state index in [1.807, 2.05) is 13.0 Å².